The minimum Gasteiger partial charge on any atom is -0.396 e. The molecule has 100 valence electrons. The lowest BCUT2D eigenvalue weighted by Crippen LogP contribution is -2.25. The summed E-state index contributed by atoms with van der Waals surface area (Å²) in [7, 11) is 0. The van der Waals surface area contributed by atoms with E-state index in [0.29, 0.717) is 6.42 Å². The van der Waals surface area contributed by atoms with Crippen molar-refractivity contribution in [3.05, 3.63) is 12.7 Å². The molecule has 2 aliphatic heterocycles. The summed E-state index contributed by atoms with van der Waals surface area (Å²) in [4.78, 5) is 0. The molecular formula is C12H23O5+. The van der Waals surface area contributed by atoms with Crippen LogP contribution in [-0.2, 0) is 18.9 Å². The van der Waals surface area contributed by atoms with Crippen LogP contribution >= 0.6 is 0 Å². The SMILES string of the molecule is C=CC1OCCCO1.OCCC1OCCCO1.[H+]. The second-order valence-corrected chi connectivity index (χ2v) is 3.74. The fourth-order valence-electron chi connectivity index (χ4n) is 1.45. The van der Waals surface area contributed by atoms with E-state index in [4.69, 9.17) is 24.1 Å². The highest BCUT2D eigenvalue weighted by atomic mass is 16.7. The van der Waals surface area contributed by atoms with Crippen LogP contribution in [0.25, 0.3) is 0 Å². The minimum atomic E-state index is -0.149. The molecule has 17 heavy (non-hydrogen) atoms. The maximum atomic E-state index is 8.46. The molecule has 2 heterocycles. The van der Waals surface area contributed by atoms with Crippen molar-refractivity contribution in [2.24, 2.45) is 0 Å². The molecule has 5 heteroatoms. The summed E-state index contributed by atoms with van der Waals surface area (Å²) in [6, 6.07) is 0. The van der Waals surface area contributed by atoms with Gasteiger partial charge in [-0.05, 0) is 18.9 Å². The van der Waals surface area contributed by atoms with Gasteiger partial charge in [0.15, 0.2) is 12.6 Å². The monoisotopic (exact) mass is 247 g/mol. The molecule has 5 nitrogen and oxygen atoms in total. The van der Waals surface area contributed by atoms with E-state index in [1.165, 1.54) is 0 Å². The second kappa shape index (κ2) is 9.56. The third-order valence-corrected chi connectivity index (χ3v) is 2.31. The van der Waals surface area contributed by atoms with Crippen LogP contribution in [0, 0.1) is 0 Å². The van der Waals surface area contributed by atoms with Gasteiger partial charge in [0.2, 0.25) is 0 Å². The topological polar surface area (TPSA) is 57.2 Å². The summed E-state index contributed by atoms with van der Waals surface area (Å²) in [5.74, 6) is 0. The lowest BCUT2D eigenvalue weighted by molar-refractivity contribution is -0.184. The molecule has 2 saturated heterocycles. The van der Waals surface area contributed by atoms with Crippen molar-refractivity contribution in [1.82, 2.24) is 0 Å². The van der Waals surface area contributed by atoms with Gasteiger partial charge in [0.05, 0.1) is 26.4 Å². The number of rotatable bonds is 3. The Morgan fingerprint density at radius 2 is 1.59 bits per heavy atom. The molecule has 0 radical (unpaired) electrons. The van der Waals surface area contributed by atoms with E-state index in [2.05, 4.69) is 6.58 Å². The normalized spacial score (nSPS) is 22.6. The lowest BCUT2D eigenvalue weighted by Gasteiger charge is -2.21. The molecule has 0 unspecified atom stereocenters. The average Bonchev–Trinajstić information content (AvgIpc) is 2.42. The Kier molecular flexibility index (Phi) is 8.21. The average molecular weight is 247 g/mol. The molecule has 2 aliphatic rings. The number of ether oxygens (including phenoxy) is 4. The Balaban J connectivity index is 0.000000306. The zero-order valence-electron chi connectivity index (χ0n) is 11.2. The zero-order chi connectivity index (χ0) is 12.3. The van der Waals surface area contributed by atoms with Crippen molar-refractivity contribution in [2.75, 3.05) is 33.0 Å². The van der Waals surface area contributed by atoms with Crippen molar-refractivity contribution in [3.8, 4) is 0 Å². The highest BCUT2D eigenvalue weighted by molar-refractivity contribution is 4.73. The van der Waals surface area contributed by atoms with Crippen LogP contribution in [0.3, 0.4) is 0 Å². The Labute approximate surface area is 104 Å². The quantitative estimate of drug-likeness (QED) is 0.759. The van der Waals surface area contributed by atoms with Crippen molar-refractivity contribution in [2.45, 2.75) is 31.8 Å². The molecule has 0 aromatic heterocycles. The van der Waals surface area contributed by atoms with Gasteiger partial charge in [-0.2, -0.15) is 0 Å². The molecule has 0 saturated carbocycles. The Hall–Kier alpha value is -0.460. The predicted molar refractivity (Wildman–Crippen MR) is 63.6 cm³/mol. The van der Waals surface area contributed by atoms with Crippen LogP contribution in [0.1, 0.15) is 20.7 Å². The van der Waals surface area contributed by atoms with E-state index in [1.54, 1.807) is 6.08 Å². The van der Waals surface area contributed by atoms with Crippen LogP contribution in [0.4, 0.5) is 0 Å². The molecule has 0 amide bonds. The van der Waals surface area contributed by atoms with Gasteiger partial charge in [0.25, 0.3) is 0 Å². The summed E-state index contributed by atoms with van der Waals surface area (Å²) >= 11 is 0. The zero-order valence-corrected chi connectivity index (χ0v) is 10.2. The second-order valence-electron chi connectivity index (χ2n) is 3.74. The number of aliphatic hydroxyl groups is 1. The van der Waals surface area contributed by atoms with Crippen LogP contribution in [0.5, 0.6) is 0 Å². The van der Waals surface area contributed by atoms with Gasteiger partial charge < -0.3 is 24.1 Å². The van der Waals surface area contributed by atoms with Gasteiger partial charge in [-0.25, -0.2) is 0 Å². The molecule has 2 fully saturated rings. The van der Waals surface area contributed by atoms with Gasteiger partial charge in [0, 0.05) is 13.0 Å². The maximum Gasteiger partial charge on any atom is 1.00 e. The molecule has 0 spiro atoms. The molecule has 1 N–H and O–H groups in total. The van der Waals surface area contributed by atoms with E-state index in [1.807, 2.05) is 0 Å². The minimum absolute atomic E-state index is 0. The molecule has 2 rings (SSSR count). The summed E-state index contributed by atoms with van der Waals surface area (Å²) in [5, 5.41) is 8.46. The van der Waals surface area contributed by atoms with E-state index >= 15 is 0 Å². The summed E-state index contributed by atoms with van der Waals surface area (Å²) in [6.45, 7) is 6.82. The molecule has 0 aromatic carbocycles. The van der Waals surface area contributed by atoms with Crippen LogP contribution < -0.4 is 0 Å². The summed E-state index contributed by atoms with van der Waals surface area (Å²) < 4.78 is 20.4. The first kappa shape index (κ1) is 14.6. The standard InChI is InChI=1S/C6H12O3.C6H10O2/c7-3-2-6-8-4-1-5-9-6;1-2-6-7-4-3-5-8-6/h6-7H,1-5H2;2,6H,1,3-5H2/p+1. The van der Waals surface area contributed by atoms with Crippen LogP contribution in [-0.4, -0.2) is 50.7 Å². The van der Waals surface area contributed by atoms with Crippen molar-refractivity contribution < 1.29 is 25.5 Å². The van der Waals surface area contributed by atoms with Crippen LogP contribution in [0.2, 0.25) is 0 Å². The van der Waals surface area contributed by atoms with E-state index in [-0.39, 0.29) is 20.6 Å². The highest BCUT2D eigenvalue weighted by Crippen LogP contribution is 2.06. The van der Waals surface area contributed by atoms with Crippen molar-refractivity contribution in [3.63, 3.8) is 0 Å². The van der Waals surface area contributed by atoms with Gasteiger partial charge in [-0.1, -0.05) is 6.58 Å². The Morgan fingerprint density at radius 3 is 2.00 bits per heavy atom. The van der Waals surface area contributed by atoms with Crippen molar-refractivity contribution in [1.29, 1.82) is 0 Å². The summed E-state index contributed by atoms with van der Waals surface area (Å²) in [6.07, 6.45) is 3.94. The smallest absolute Gasteiger partial charge is 0.396 e. The fourth-order valence-corrected chi connectivity index (χ4v) is 1.45. The van der Waals surface area contributed by atoms with Gasteiger partial charge in [-0.15, -0.1) is 0 Å². The van der Waals surface area contributed by atoms with Crippen LogP contribution in [0.15, 0.2) is 12.7 Å². The third kappa shape index (κ3) is 6.75. The Bertz CT molecular complexity index is 188. The molecule has 0 aliphatic carbocycles. The van der Waals surface area contributed by atoms with E-state index in [0.717, 1.165) is 39.3 Å². The largest absolute Gasteiger partial charge is 1.00 e. The fraction of sp³-hybridized carbons (Fsp3) is 0.833. The Morgan fingerprint density at radius 1 is 1.06 bits per heavy atom. The van der Waals surface area contributed by atoms with E-state index < -0.39 is 0 Å². The van der Waals surface area contributed by atoms with E-state index in [9.17, 15) is 0 Å². The molecular weight excluding hydrogens is 224 g/mol. The predicted octanol–water partition coefficient (Wildman–Crippen LogP) is 1.18. The molecule has 0 aromatic rings. The first-order valence-corrected chi connectivity index (χ1v) is 6.06. The summed E-state index contributed by atoms with van der Waals surface area (Å²) in [5.41, 5.74) is 0. The first-order valence-electron chi connectivity index (χ1n) is 6.06. The van der Waals surface area contributed by atoms with Gasteiger partial charge in [-0.3, -0.25) is 0 Å². The lowest BCUT2D eigenvalue weighted by atomic mass is 10.4. The number of aliphatic hydroxyl groups excluding tert-OH is 1. The highest BCUT2D eigenvalue weighted by Gasteiger charge is 2.12. The number of hydrogen-bond donors (Lipinski definition) is 1. The first-order chi connectivity index (χ1) is 8.36. The van der Waals surface area contributed by atoms with Crippen molar-refractivity contribution >= 4 is 0 Å². The van der Waals surface area contributed by atoms with Gasteiger partial charge >= 0.3 is 1.43 Å². The molecule has 0 atom stereocenters. The maximum absolute atomic E-state index is 8.46. The van der Waals surface area contributed by atoms with Gasteiger partial charge in [0.1, 0.15) is 0 Å². The molecule has 0 bridgehead atoms. The third-order valence-electron chi connectivity index (χ3n) is 2.31. The number of hydrogen-bond acceptors (Lipinski definition) is 5.